The van der Waals surface area contributed by atoms with Crippen LogP contribution < -0.4 is 10.3 Å². The number of fused-ring (bicyclic) bond motifs is 1. The molecule has 0 unspecified atom stereocenters. The normalized spacial score (nSPS) is 16.1. The van der Waals surface area contributed by atoms with E-state index in [0.29, 0.717) is 31.7 Å². The lowest BCUT2D eigenvalue weighted by molar-refractivity contribution is -0.159. The third-order valence-electron chi connectivity index (χ3n) is 6.95. The Morgan fingerprint density at radius 3 is 2.69 bits per heavy atom. The number of aromatic nitrogens is 1. The van der Waals surface area contributed by atoms with Gasteiger partial charge in [-0.2, -0.15) is 0 Å². The molecule has 2 aromatic heterocycles. The Hall–Kier alpha value is -3.32. The van der Waals surface area contributed by atoms with E-state index < -0.39 is 5.41 Å². The van der Waals surface area contributed by atoms with Gasteiger partial charge >= 0.3 is 5.97 Å². The van der Waals surface area contributed by atoms with Gasteiger partial charge in [-0.15, -0.1) is 0 Å². The van der Waals surface area contributed by atoms with E-state index in [0.717, 1.165) is 49.1 Å². The lowest BCUT2D eigenvalue weighted by atomic mass is 9.74. The van der Waals surface area contributed by atoms with Crippen LogP contribution in [0.5, 0.6) is 5.75 Å². The SMILES string of the molecule is CCOC(=O)C1(CCCn2c(=O)ccc3ccc(OC)cc32)CCN(C/C=C/c2ccco2)CC1. The predicted molar refractivity (Wildman–Crippen MR) is 136 cm³/mol. The summed E-state index contributed by atoms with van der Waals surface area (Å²) in [5.41, 5.74) is 0.289. The smallest absolute Gasteiger partial charge is 0.312 e. The van der Waals surface area contributed by atoms with Crippen LogP contribution in [-0.4, -0.2) is 48.8 Å². The molecule has 0 spiro atoms. The second-order valence-corrected chi connectivity index (χ2v) is 9.07. The fraction of sp³-hybridized carbons (Fsp3) is 0.429. The van der Waals surface area contributed by atoms with Gasteiger partial charge in [0, 0.05) is 25.2 Å². The molecular formula is C28H34N2O5. The van der Waals surface area contributed by atoms with Crippen LogP contribution in [0.1, 0.15) is 38.4 Å². The molecule has 3 aromatic rings. The molecule has 0 N–H and O–H groups in total. The molecule has 0 amide bonds. The monoisotopic (exact) mass is 478 g/mol. The van der Waals surface area contributed by atoms with Crippen molar-refractivity contribution >= 4 is 22.9 Å². The molecule has 0 aliphatic carbocycles. The van der Waals surface area contributed by atoms with E-state index in [-0.39, 0.29) is 11.5 Å². The zero-order valence-electron chi connectivity index (χ0n) is 20.6. The summed E-state index contributed by atoms with van der Waals surface area (Å²) in [6.07, 6.45) is 8.64. The number of ether oxygens (including phenoxy) is 2. The molecule has 7 nitrogen and oxygen atoms in total. The Morgan fingerprint density at radius 1 is 1.17 bits per heavy atom. The lowest BCUT2D eigenvalue weighted by Crippen LogP contribution is -2.45. The van der Waals surface area contributed by atoms with Gasteiger partial charge in [-0.05, 0) is 87.5 Å². The van der Waals surface area contributed by atoms with Gasteiger partial charge in [0.2, 0.25) is 0 Å². The summed E-state index contributed by atoms with van der Waals surface area (Å²) in [7, 11) is 1.62. The molecule has 0 radical (unpaired) electrons. The Balaban J connectivity index is 1.42. The number of methoxy groups -OCH3 is 1. The van der Waals surface area contributed by atoms with Crippen molar-refractivity contribution < 1.29 is 18.7 Å². The third-order valence-corrected chi connectivity index (χ3v) is 6.95. The Bertz CT molecular complexity index is 1200. The van der Waals surface area contributed by atoms with Crippen molar-refractivity contribution in [2.24, 2.45) is 5.41 Å². The predicted octanol–water partition coefficient (Wildman–Crippen LogP) is 4.74. The average molecular weight is 479 g/mol. The zero-order chi connectivity index (χ0) is 24.7. The number of furan rings is 1. The number of carbonyl (C=O) groups is 1. The lowest BCUT2D eigenvalue weighted by Gasteiger charge is -2.39. The van der Waals surface area contributed by atoms with Gasteiger partial charge in [-0.1, -0.05) is 6.08 Å². The van der Waals surface area contributed by atoms with Gasteiger partial charge < -0.3 is 18.5 Å². The Kier molecular flexibility index (Phi) is 8.08. The van der Waals surface area contributed by atoms with Gasteiger partial charge in [0.15, 0.2) is 0 Å². The highest BCUT2D eigenvalue weighted by Crippen LogP contribution is 2.38. The number of benzene rings is 1. The zero-order valence-corrected chi connectivity index (χ0v) is 20.6. The molecule has 35 heavy (non-hydrogen) atoms. The quantitative estimate of drug-likeness (QED) is 0.392. The molecule has 1 fully saturated rings. The maximum atomic E-state index is 13.0. The molecule has 1 aromatic carbocycles. The minimum absolute atomic E-state index is 0.0471. The largest absolute Gasteiger partial charge is 0.497 e. The van der Waals surface area contributed by atoms with Crippen LogP contribution in [0.3, 0.4) is 0 Å². The van der Waals surface area contributed by atoms with Crippen LogP contribution in [0.2, 0.25) is 0 Å². The molecule has 186 valence electrons. The van der Waals surface area contributed by atoms with Gasteiger partial charge in [0.1, 0.15) is 11.5 Å². The van der Waals surface area contributed by atoms with Crippen LogP contribution in [0, 0.1) is 5.41 Å². The summed E-state index contributed by atoms with van der Waals surface area (Å²) < 4.78 is 18.0. The molecule has 7 heteroatoms. The number of nitrogens with zero attached hydrogens (tertiary/aromatic N) is 2. The van der Waals surface area contributed by atoms with Gasteiger partial charge in [0.05, 0.1) is 30.9 Å². The highest BCUT2D eigenvalue weighted by atomic mass is 16.5. The first-order valence-electron chi connectivity index (χ1n) is 12.3. The van der Waals surface area contributed by atoms with Crippen LogP contribution in [-0.2, 0) is 16.1 Å². The highest BCUT2D eigenvalue weighted by molar-refractivity contribution is 5.80. The van der Waals surface area contributed by atoms with Gasteiger partial charge in [-0.25, -0.2) is 0 Å². The first-order chi connectivity index (χ1) is 17.0. The van der Waals surface area contributed by atoms with Crippen molar-refractivity contribution in [1.82, 2.24) is 9.47 Å². The van der Waals surface area contributed by atoms with Crippen molar-refractivity contribution in [3.63, 3.8) is 0 Å². The van der Waals surface area contributed by atoms with E-state index in [1.807, 2.05) is 49.4 Å². The number of carbonyl (C=O) groups excluding carboxylic acids is 1. The fourth-order valence-electron chi connectivity index (χ4n) is 4.91. The van der Waals surface area contributed by atoms with E-state index >= 15 is 0 Å². The van der Waals surface area contributed by atoms with Crippen LogP contribution >= 0.6 is 0 Å². The topological polar surface area (TPSA) is 73.9 Å². The first kappa shape index (κ1) is 24.8. The van der Waals surface area contributed by atoms with Crippen LogP contribution in [0.15, 0.2) is 64.0 Å². The standard InChI is InChI=1S/C28H34N2O5/c1-3-34-27(32)28(14-18-29(19-15-28)16-4-7-23-8-5-20-35-23)13-6-17-30-25-21-24(33-2)11-9-22(25)10-12-26(30)31/h4-5,7-12,20-21H,3,6,13-19H2,1-2H3/b7-4+. The molecule has 1 aliphatic heterocycles. The summed E-state index contributed by atoms with van der Waals surface area (Å²) in [5.74, 6) is 1.44. The summed E-state index contributed by atoms with van der Waals surface area (Å²) in [6.45, 7) is 5.23. The molecule has 3 heterocycles. The van der Waals surface area contributed by atoms with E-state index in [2.05, 4.69) is 11.0 Å². The Labute approximate surface area is 205 Å². The number of hydrogen-bond donors (Lipinski definition) is 0. The number of pyridine rings is 1. The number of likely N-dealkylation sites (tertiary alicyclic amines) is 1. The van der Waals surface area contributed by atoms with Crippen molar-refractivity contribution in [2.45, 2.75) is 39.2 Å². The maximum Gasteiger partial charge on any atom is 0.312 e. The highest BCUT2D eigenvalue weighted by Gasteiger charge is 2.42. The first-order valence-corrected chi connectivity index (χ1v) is 12.3. The molecule has 0 atom stereocenters. The maximum absolute atomic E-state index is 13.0. The van der Waals surface area contributed by atoms with E-state index in [9.17, 15) is 9.59 Å². The average Bonchev–Trinajstić information content (AvgIpc) is 3.40. The van der Waals surface area contributed by atoms with Gasteiger partial charge in [-0.3, -0.25) is 14.5 Å². The summed E-state index contributed by atoms with van der Waals surface area (Å²) in [5, 5.41) is 0.987. The van der Waals surface area contributed by atoms with Crippen molar-refractivity contribution in [3.8, 4) is 5.75 Å². The van der Waals surface area contributed by atoms with E-state index in [1.165, 1.54) is 0 Å². The summed E-state index contributed by atoms with van der Waals surface area (Å²) in [6, 6.07) is 13.0. The van der Waals surface area contributed by atoms with Crippen LogP contribution in [0.25, 0.3) is 17.0 Å². The number of piperidine rings is 1. The number of rotatable bonds is 10. The summed E-state index contributed by atoms with van der Waals surface area (Å²) in [4.78, 5) is 28.1. The van der Waals surface area contributed by atoms with Crippen LogP contribution in [0.4, 0.5) is 0 Å². The molecule has 0 bridgehead atoms. The molecule has 0 saturated carbocycles. The number of esters is 1. The third kappa shape index (κ3) is 5.85. The summed E-state index contributed by atoms with van der Waals surface area (Å²) >= 11 is 0. The second kappa shape index (κ2) is 11.4. The van der Waals surface area contributed by atoms with Crippen molar-refractivity contribution in [3.05, 3.63) is 70.9 Å². The number of aryl methyl sites for hydroxylation is 1. The van der Waals surface area contributed by atoms with E-state index in [4.69, 9.17) is 13.9 Å². The minimum atomic E-state index is -0.511. The van der Waals surface area contributed by atoms with Crippen molar-refractivity contribution in [1.29, 1.82) is 0 Å². The Morgan fingerprint density at radius 2 is 1.97 bits per heavy atom. The molecule has 1 saturated heterocycles. The fourth-order valence-corrected chi connectivity index (χ4v) is 4.91. The van der Waals surface area contributed by atoms with E-state index in [1.54, 1.807) is 24.0 Å². The molecular weight excluding hydrogens is 444 g/mol. The minimum Gasteiger partial charge on any atom is -0.497 e. The van der Waals surface area contributed by atoms with Gasteiger partial charge in [0.25, 0.3) is 5.56 Å². The van der Waals surface area contributed by atoms with Crippen molar-refractivity contribution in [2.75, 3.05) is 33.4 Å². The number of hydrogen-bond acceptors (Lipinski definition) is 6. The second-order valence-electron chi connectivity index (χ2n) is 9.07. The molecule has 4 rings (SSSR count). The molecule has 1 aliphatic rings.